The van der Waals surface area contributed by atoms with Crippen LogP contribution in [0.2, 0.25) is 0 Å². The lowest BCUT2D eigenvalue weighted by Gasteiger charge is -2.28. The Morgan fingerprint density at radius 1 is 1.22 bits per heavy atom. The number of thiazole rings is 1. The zero-order valence-electron chi connectivity index (χ0n) is 16.4. The van der Waals surface area contributed by atoms with Crippen molar-refractivity contribution in [2.24, 2.45) is 5.92 Å². The first-order valence-electron chi connectivity index (χ1n) is 9.58. The summed E-state index contributed by atoms with van der Waals surface area (Å²) in [5.74, 6) is 1.25. The molecule has 0 bridgehead atoms. The molecule has 1 saturated carbocycles. The average Bonchev–Trinajstić information content (AvgIpc) is 3.05. The number of amides is 1. The number of fused-ring (bicyclic) bond motifs is 1. The first-order chi connectivity index (χ1) is 12.6. The van der Waals surface area contributed by atoms with E-state index < -0.39 is 0 Å². The van der Waals surface area contributed by atoms with Gasteiger partial charge in [-0.15, -0.1) is 12.4 Å². The van der Waals surface area contributed by atoms with Crippen molar-refractivity contribution < 1.29 is 9.53 Å². The number of aromatic nitrogens is 1. The monoisotopic (exact) mass is 411 g/mol. The van der Waals surface area contributed by atoms with Crippen LogP contribution in [0.5, 0.6) is 5.75 Å². The highest BCUT2D eigenvalue weighted by Gasteiger charge is 2.28. The first-order valence-corrected chi connectivity index (χ1v) is 10.4. The molecule has 1 aliphatic rings. The highest BCUT2D eigenvalue weighted by atomic mass is 35.5. The standard InChI is InChI=1S/C20H29N3O2S.ClH/c1-4-25-16-10-11-17-18(14-16)26-20(21-17)23(13-12-22(2)3)19(24)15-8-6-5-7-9-15;/h10-11,14-15H,4-9,12-13H2,1-3H3;1H. The molecule has 0 atom stereocenters. The summed E-state index contributed by atoms with van der Waals surface area (Å²) in [6.45, 7) is 4.14. The van der Waals surface area contributed by atoms with E-state index in [0.29, 0.717) is 13.2 Å². The molecule has 1 amide bonds. The maximum Gasteiger partial charge on any atom is 0.231 e. The maximum absolute atomic E-state index is 13.2. The van der Waals surface area contributed by atoms with E-state index >= 15 is 0 Å². The average molecular weight is 412 g/mol. The van der Waals surface area contributed by atoms with Crippen LogP contribution in [0.15, 0.2) is 18.2 Å². The quantitative estimate of drug-likeness (QED) is 0.668. The van der Waals surface area contributed by atoms with Gasteiger partial charge in [-0.2, -0.15) is 0 Å². The van der Waals surface area contributed by atoms with Crippen LogP contribution in [0, 0.1) is 5.92 Å². The number of carbonyl (C=O) groups excluding carboxylic acids is 1. The minimum Gasteiger partial charge on any atom is -0.494 e. The topological polar surface area (TPSA) is 45.7 Å². The summed E-state index contributed by atoms with van der Waals surface area (Å²) >= 11 is 1.58. The number of rotatable bonds is 7. The number of halogens is 1. The minimum absolute atomic E-state index is 0. The van der Waals surface area contributed by atoms with Gasteiger partial charge in [0.15, 0.2) is 5.13 Å². The number of nitrogens with zero attached hydrogens (tertiary/aromatic N) is 3. The van der Waals surface area contributed by atoms with Gasteiger partial charge in [0.1, 0.15) is 5.75 Å². The fourth-order valence-corrected chi connectivity index (χ4v) is 4.46. The Balaban J connectivity index is 0.00000261. The lowest BCUT2D eigenvalue weighted by atomic mass is 9.88. The molecule has 1 heterocycles. The number of ether oxygens (including phenoxy) is 1. The van der Waals surface area contributed by atoms with Crippen molar-refractivity contribution in [3.8, 4) is 5.75 Å². The van der Waals surface area contributed by atoms with E-state index in [0.717, 1.165) is 53.3 Å². The largest absolute Gasteiger partial charge is 0.494 e. The second kappa shape index (κ2) is 10.2. The summed E-state index contributed by atoms with van der Waals surface area (Å²) in [7, 11) is 4.08. The van der Waals surface area contributed by atoms with Gasteiger partial charge in [0, 0.05) is 19.0 Å². The molecule has 0 saturated heterocycles. The molecule has 1 fully saturated rings. The van der Waals surface area contributed by atoms with Gasteiger partial charge in [-0.05, 0) is 52.1 Å². The third kappa shape index (κ3) is 5.56. The Labute approximate surface area is 172 Å². The summed E-state index contributed by atoms with van der Waals surface area (Å²) in [5, 5.41) is 0.811. The molecule has 0 N–H and O–H groups in total. The van der Waals surface area contributed by atoms with Gasteiger partial charge in [0.25, 0.3) is 0 Å². The third-order valence-electron chi connectivity index (χ3n) is 4.88. The van der Waals surface area contributed by atoms with Gasteiger partial charge >= 0.3 is 0 Å². The van der Waals surface area contributed by atoms with Crippen LogP contribution >= 0.6 is 23.7 Å². The van der Waals surface area contributed by atoms with Gasteiger partial charge in [0.2, 0.25) is 5.91 Å². The molecular formula is C20H30ClN3O2S. The fraction of sp³-hybridized carbons (Fsp3) is 0.600. The molecule has 0 radical (unpaired) electrons. The highest BCUT2D eigenvalue weighted by Crippen LogP contribution is 2.34. The molecule has 1 aliphatic carbocycles. The van der Waals surface area contributed by atoms with Crippen molar-refractivity contribution >= 4 is 45.0 Å². The molecular weight excluding hydrogens is 382 g/mol. The molecule has 3 rings (SSSR count). The Morgan fingerprint density at radius 2 is 1.96 bits per heavy atom. The Hall–Kier alpha value is -1.37. The van der Waals surface area contributed by atoms with Crippen LogP contribution in [0.25, 0.3) is 10.2 Å². The van der Waals surface area contributed by atoms with Gasteiger partial charge in [-0.3, -0.25) is 9.69 Å². The van der Waals surface area contributed by atoms with Crippen molar-refractivity contribution in [1.29, 1.82) is 0 Å². The zero-order chi connectivity index (χ0) is 18.5. The summed E-state index contributed by atoms with van der Waals surface area (Å²) in [6.07, 6.45) is 5.60. The van der Waals surface area contributed by atoms with Crippen LogP contribution in [0.1, 0.15) is 39.0 Å². The third-order valence-corrected chi connectivity index (χ3v) is 5.92. The molecule has 5 nitrogen and oxygen atoms in total. The first kappa shape index (κ1) is 21.9. The second-order valence-corrected chi connectivity index (χ2v) is 8.20. The lowest BCUT2D eigenvalue weighted by Crippen LogP contribution is -2.41. The number of hydrogen-bond acceptors (Lipinski definition) is 5. The highest BCUT2D eigenvalue weighted by molar-refractivity contribution is 7.22. The molecule has 1 aromatic carbocycles. The van der Waals surface area contributed by atoms with E-state index in [4.69, 9.17) is 9.72 Å². The van der Waals surface area contributed by atoms with Crippen molar-refractivity contribution in [1.82, 2.24) is 9.88 Å². The molecule has 0 spiro atoms. The number of benzene rings is 1. The summed E-state index contributed by atoms with van der Waals surface area (Å²) in [4.78, 5) is 22.0. The van der Waals surface area contributed by atoms with Crippen LogP contribution in [-0.2, 0) is 4.79 Å². The molecule has 1 aromatic heterocycles. The lowest BCUT2D eigenvalue weighted by molar-refractivity contribution is -0.123. The molecule has 0 unspecified atom stereocenters. The maximum atomic E-state index is 13.2. The fourth-order valence-electron chi connectivity index (χ4n) is 3.43. The number of hydrogen-bond donors (Lipinski definition) is 0. The van der Waals surface area contributed by atoms with Crippen molar-refractivity contribution in [2.45, 2.75) is 39.0 Å². The van der Waals surface area contributed by atoms with E-state index in [1.54, 1.807) is 11.3 Å². The SMILES string of the molecule is CCOc1ccc2nc(N(CCN(C)C)C(=O)C3CCCCC3)sc2c1.Cl. The zero-order valence-corrected chi connectivity index (χ0v) is 18.1. The predicted molar refractivity (Wildman–Crippen MR) is 116 cm³/mol. The van der Waals surface area contributed by atoms with Crippen molar-refractivity contribution in [3.05, 3.63) is 18.2 Å². The van der Waals surface area contributed by atoms with Crippen LogP contribution in [0.3, 0.4) is 0 Å². The van der Waals surface area contributed by atoms with E-state index in [2.05, 4.69) is 4.90 Å². The summed E-state index contributed by atoms with van der Waals surface area (Å²) < 4.78 is 6.66. The predicted octanol–water partition coefficient (Wildman–Crippen LogP) is 4.59. The molecule has 27 heavy (non-hydrogen) atoms. The van der Waals surface area contributed by atoms with Gasteiger partial charge in [0.05, 0.1) is 16.8 Å². The normalized spacial score (nSPS) is 15.0. The minimum atomic E-state index is 0. The molecule has 150 valence electrons. The molecule has 7 heteroatoms. The Bertz CT molecular complexity index is 744. The van der Waals surface area contributed by atoms with E-state index in [9.17, 15) is 4.79 Å². The smallest absolute Gasteiger partial charge is 0.231 e. The number of anilines is 1. The van der Waals surface area contributed by atoms with E-state index in [1.165, 1.54) is 6.42 Å². The number of carbonyl (C=O) groups is 1. The molecule has 0 aliphatic heterocycles. The van der Waals surface area contributed by atoms with Gasteiger partial charge in [-0.1, -0.05) is 30.6 Å². The Morgan fingerprint density at radius 3 is 2.63 bits per heavy atom. The summed E-state index contributed by atoms with van der Waals surface area (Å²) in [5.41, 5.74) is 0.930. The van der Waals surface area contributed by atoms with Crippen LogP contribution in [-0.4, -0.2) is 49.6 Å². The van der Waals surface area contributed by atoms with E-state index in [-0.39, 0.29) is 24.2 Å². The van der Waals surface area contributed by atoms with Gasteiger partial charge < -0.3 is 9.64 Å². The van der Waals surface area contributed by atoms with Crippen molar-refractivity contribution in [2.75, 3.05) is 38.7 Å². The Kier molecular flexibility index (Phi) is 8.32. The second-order valence-electron chi connectivity index (χ2n) is 7.19. The number of likely N-dealkylation sites (N-methyl/N-ethyl adjacent to an activating group) is 1. The van der Waals surface area contributed by atoms with E-state index in [1.807, 2.05) is 44.1 Å². The summed E-state index contributed by atoms with van der Waals surface area (Å²) in [6, 6.07) is 5.95. The van der Waals surface area contributed by atoms with Crippen LogP contribution in [0.4, 0.5) is 5.13 Å². The van der Waals surface area contributed by atoms with Gasteiger partial charge in [-0.25, -0.2) is 4.98 Å². The van der Waals surface area contributed by atoms with Crippen LogP contribution < -0.4 is 9.64 Å². The molecule has 2 aromatic rings. The van der Waals surface area contributed by atoms with Crippen molar-refractivity contribution in [3.63, 3.8) is 0 Å².